The Bertz CT molecular complexity index is 1080. The van der Waals surface area contributed by atoms with Gasteiger partial charge in [0.15, 0.2) is 11.5 Å². The molecule has 144 valence electrons. The highest BCUT2D eigenvalue weighted by Crippen LogP contribution is 2.40. The number of nitrogens with one attached hydrogen (secondary N) is 1. The smallest absolute Gasteiger partial charge is 0.278 e. The molecule has 2 aromatic carbocycles. The molecule has 0 saturated carbocycles. The normalized spacial score (nSPS) is 11.9. The van der Waals surface area contributed by atoms with E-state index in [-0.39, 0.29) is 12.3 Å². The summed E-state index contributed by atoms with van der Waals surface area (Å²) in [4.78, 5) is 12.8. The predicted octanol–water partition coefficient (Wildman–Crippen LogP) is 4.47. The van der Waals surface area contributed by atoms with Crippen LogP contribution in [0.3, 0.4) is 0 Å². The minimum Gasteiger partial charge on any atom is -0.495 e. The van der Waals surface area contributed by atoms with Gasteiger partial charge in [-0.15, -0.1) is 0 Å². The maximum absolute atomic E-state index is 12.8. The maximum atomic E-state index is 12.8. The van der Waals surface area contributed by atoms with Crippen molar-refractivity contribution in [3.05, 3.63) is 52.2 Å². The van der Waals surface area contributed by atoms with E-state index in [1.807, 2.05) is 25.1 Å². The number of hydrogen-bond acceptors (Lipinski definition) is 6. The van der Waals surface area contributed by atoms with Gasteiger partial charge in [-0.05, 0) is 25.1 Å². The zero-order chi connectivity index (χ0) is 19.8. The zero-order valence-electron chi connectivity index (χ0n) is 15.5. The monoisotopic (exact) mass is 400 g/mol. The van der Waals surface area contributed by atoms with E-state index >= 15 is 0 Å². The average molecular weight is 401 g/mol. The summed E-state index contributed by atoms with van der Waals surface area (Å²) in [5.74, 6) is 1.63. The number of methoxy groups -OCH3 is 2. The van der Waals surface area contributed by atoms with Crippen molar-refractivity contribution in [3.8, 4) is 28.6 Å². The number of rotatable bonds is 4. The van der Waals surface area contributed by atoms with Gasteiger partial charge >= 0.3 is 0 Å². The van der Waals surface area contributed by atoms with E-state index in [0.717, 1.165) is 11.1 Å². The molecule has 28 heavy (non-hydrogen) atoms. The molecule has 0 saturated heterocycles. The molecule has 4 rings (SSSR count). The highest BCUT2D eigenvalue weighted by atomic mass is 35.5. The Morgan fingerprint density at radius 2 is 1.96 bits per heavy atom. The lowest BCUT2D eigenvalue weighted by molar-refractivity contribution is 0.101. The van der Waals surface area contributed by atoms with Gasteiger partial charge in [0.05, 0.1) is 36.1 Å². The van der Waals surface area contributed by atoms with Crippen molar-refractivity contribution in [1.82, 2.24) is 5.16 Å². The summed E-state index contributed by atoms with van der Waals surface area (Å²) >= 11 is 6.17. The van der Waals surface area contributed by atoms with Gasteiger partial charge in [0, 0.05) is 6.07 Å². The molecule has 7 nitrogen and oxygen atoms in total. The lowest BCUT2D eigenvalue weighted by Crippen LogP contribution is -2.17. The van der Waals surface area contributed by atoms with Crippen LogP contribution < -0.4 is 19.5 Å². The lowest BCUT2D eigenvalue weighted by Gasteiger charge is -2.17. The van der Waals surface area contributed by atoms with E-state index in [2.05, 4.69) is 10.5 Å². The first-order chi connectivity index (χ1) is 13.5. The Morgan fingerprint density at radius 1 is 1.18 bits per heavy atom. The van der Waals surface area contributed by atoms with Crippen LogP contribution in [0, 0.1) is 6.92 Å². The molecule has 0 bridgehead atoms. The Hall–Kier alpha value is -3.19. The lowest BCUT2D eigenvalue weighted by atomic mass is 10.0. The van der Waals surface area contributed by atoms with Crippen molar-refractivity contribution in [1.29, 1.82) is 0 Å². The molecule has 8 heteroatoms. The summed E-state index contributed by atoms with van der Waals surface area (Å²) in [5.41, 5.74) is 2.96. The Labute approximate surface area is 166 Å². The van der Waals surface area contributed by atoms with Crippen molar-refractivity contribution in [2.24, 2.45) is 0 Å². The summed E-state index contributed by atoms with van der Waals surface area (Å²) in [7, 11) is 2.99. The van der Waals surface area contributed by atoms with Crippen LogP contribution in [-0.2, 0) is 6.61 Å². The van der Waals surface area contributed by atoms with Gasteiger partial charge < -0.3 is 24.1 Å². The van der Waals surface area contributed by atoms with Crippen molar-refractivity contribution in [2.75, 3.05) is 19.5 Å². The van der Waals surface area contributed by atoms with Crippen LogP contribution in [0.5, 0.6) is 17.2 Å². The van der Waals surface area contributed by atoms with Crippen LogP contribution in [-0.4, -0.2) is 25.3 Å². The third kappa shape index (κ3) is 3.03. The van der Waals surface area contributed by atoms with Crippen LogP contribution in [0.1, 0.15) is 21.6 Å². The molecular weight excluding hydrogens is 384 g/mol. The van der Waals surface area contributed by atoms with Crippen molar-refractivity contribution >= 4 is 23.2 Å². The first-order valence-corrected chi connectivity index (χ1v) is 8.85. The number of aromatic nitrogens is 1. The highest BCUT2D eigenvalue weighted by molar-refractivity contribution is 6.32. The Balaban J connectivity index is 1.68. The highest BCUT2D eigenvalue weighted by Gasteiger charge is 2.29. The van der Waals surface area contributed by atoms with Crippen LogP contribution in [0.25, 0.3) is 11.3 Å². The number of aryl methyl sites for hydroxylation is 1. The van der Waals surface area contributed by atoms with Gasteiger partial charge in [-0.25, -0.2) is 0 Å². The van der Waals surface area contributed by atoms with E-state index in [9.17, 15) is 4.79 Å². The fourth-order valence-corrected chi connectivity index (χ4v) is 3.31. The van der Waals surface area contributed by atoms with Crippen molar-refractivity contribution in [3.63, 3.8) is 0 Å². The number of fused-ring (bicyclic) bond motifs is 3. The molecule has 0 radical (unpaired) electrons. The van der Waals surface area contributed by atoms with Gasteiger partial charge in [0.1, 0.15) is 23.9 Å². The molecule has 1 aliphatic heterocycles. The van der Waals surface area contributed by atoms with E-state index < -0.39 is 5.91 Å². The van der Waals surface area contributed by atoms with Gasteiger partial charge in [-0.1, -0.05) is 28.4 Å². The minimum absolute atomic E-state index is 0.149. The maximum Gasteiger partial charge on any atom is 0.278 e. The average Bonchev–Trinajstić information content (AvgIpc) is 3.13. The summed E-state index contributed by atoms with van der Waals surface area (Å²) < 4.78 is 21.7. The Kier molecular flexibility index (Phi) is 4.60. The summed E-state index contributed by atoms with van der Waals surface area (Å²) in [5, 5.41) is 7.07. The Morgan fingerprint density at radius 3 is 2.71 bits per heavy atom. The minimum atomic E-state index is -0.454. The number of carbonyl (C=O) groups is 1. The van der Waals surface area contributed by atoms with Gasteiger partial charge in [-0.3, -0.25) is 4.79 Å². The first kappa shape index (κ1) is 18.2. The van der Waals surface area contributed by atoms with Crippen molar-refractivity contribution in [2.45, 2.75) is 13.5 Å². The summed E-state index contributed by atoms with van der Waals surface area (Å²) in [6.45, 7) is 2.16. The molecule has 0 spiro atoms. The quantitative estimate of drug-likeness (QED) is 0.696. The van der Waals surface area contributed by atoms with Crippen LogP contribution in [0.2, 0.25) is 5.02 Å². The fourth-order valence-electron chi connectivity index (χ4n) is 3.07. The molecular formula is C20H17ClN2O5. The third-order valence-electron chi connectivity index (χ3n) is 4.48. The number of nitrogens with zero attached hydrogens (tertiary/aromatic N) is 1. The third-order valence-corrected chi connectivity index (χ3v) is 4.77. The molecule has 0 fully saturated rings. The number of anilines is 1. The SMILES string of the molecule is COc1cc(OC)c(NC(=O)c2noc3c2COc2ccc(C)cc2-3)cc1Cl. The zero-order valence-corrected chi connectivity index (χ0v) is 16.2. The van der Waals surface area contributed by atoms with Crippen molar-refractivity contribution < 1.29 is 23.5 Å². The molecule has 1 N–H and O–H groups in total. The fraction of sp³-hybridized carbons (Fsp3) is 0.200. The van der Waals surface area contributed by atoms with Crippen LogP contribution in [0.4, 0.5) is 5.69 Å². The molecule has 0 aliphatic carbocycles. The standard InChI is InChI=1S/C20H17ClN2O5/c1-10-4-5-15-11(6-10)19-12(9-27-15)18(23-28-19)20(24)22-14-7-13(21)16(25-2)8-17(14)26-3/h4-8H,9H2,1-3H3,(H,22,24). The molecule has 1 aromatic heterocycles. The number of carbonyl (C=O) groups excluding carboxylic acids is 1. The predicted molar refractivity (Wildman–Crippen MR) is 104 cm³/mol. The van der Waals surface area contributed by atoms with Gasteiger partial charge in [0.25, 0.3) is 5.91 Å². The molecule has 2 heterocycles. The van der Waals surface area contributed by atoms with Gasteiger partial charge in [-0.2, -0.15) is 0 Å². The van der Waals surface area contributed by atoms with E-state index in [1.54, 1.807) is 12.1 Å². The topological polar surface area (TPSA) is 82.8 Å². The van der Waals surface area contributed by atoms with Gasteiger partial charge in [0.2, 0.25) is 0 Å². The number of hydrogen-bond donors (Lipinski definition) is 1. The van der Waals surface area contributed by atoms with E-state index in [0.29, 0.717) is 39.3 Å². The van der Waals surface area contributed by atoms with Crippen LogP contribution >= 0.6 is 11.6 Å². The van der Waals surface area contributed by atoms with Crippen LogP contribution in [0.15, 0.2) is 34.9 Å². The second-order valence-electron chi connectivity index (χ2n) is 6.27. The number of amides is 1. The molecule has 3 aromatic rings. The molecule has 0 atom stereocenters. The second-order valence-corrected chi connectivity index (χ2v) is 6.68. The molecule has 1 amide bonds. The molecule has 0 unspecified atom stereocenters. The number of halogens is 1. The first-order valence-electron chi connectivity index (χ1n) is 8.47. The largest absolute Gasteiger partial charge is 0.495 e. The van der Waals surface area contributed by atoms with E-state index in [4.69, 9.17) is 30.3 Å². The number of ether oxygens (including phenoxy) is 3. The summed E-state index contributed by atoms with van der Waals surface area (Å²) in [6.07, 6.45) is 0. The molecule has 1 aliphatic rings. The van der Waals surface area contributed by atoms with E-state index in [1.165, 1.54) is 14.2 Å². The summed E-state index contributed by atoms with van der Waals surface area (Å²) in [6, 6.07) is 8.91. The second kappa shape index (κ2) is 7.09. The number of benzene rings is 2.